The Balaban J connectivity index is 1.75. The van der Waals surface area contributed by atoms with Crippen LogP contribution in [0.3, 0.4) is 0 Å². The number of benzene rings is 2. The lowest BCUT2D eigenvalue weighted by atomic mass is 10.0. The summed E-state index contributed by atoms with van der Waals surface area (Å²) in [6, 6.07) is 11.2. The van der Waals surface area contributed by atoms with Crippen LogP contribution < -0.4 is 9.47 Å². The van der Waals surface area contributed by atoms with Crippen molar-refractivity contribution in [2.75, 3.05) is 40.4 Å². The Morgan fingerprint density at radius 2 is 1.16 bits per heavy atom. The molecule has 0 saturated carbocycles. The van der Waals surface area contributed by atoms with Crippen LogP contribution in [0.1, 0.15) is 25.3 Å². The zero-order chi connectivity index (χ0) is 22.8. The molecule has 8 nitrogen and oxygen atoms in total. The fraction of sp³-hybridized carbons (Fsp3) is 0.429. The number of piperazine rings is 1. The Morgan fingerprint density at radius 1 is 0.710 bits per heavy atom. The molecule has 170 valence electrons. The first-order valence-corrected chi connectivity index (χ1v) is 12.8. The van der Waals surface area contributed by atoms with Gasteiger partial charge in [0.25, 0.3) is 0 Å². The minimum atomic E-state index is -3.79. The standard InChI is InChI=1S/C21H28N2O6S2/c1-16(2)17-5-7-18(8-6-17)30(24,25)22-11-13-23(14-12-22)31(26,27)19-9-10-20(28-3)21(15-19)29-4/h5-10,15-16H,11-14H2,1-4H3. The molecule has 0 N–H and O–H groups in total. The summed E-state index contributed by atoms with van der Waals surface area (Å²) in [5.74, 6) is 1.05. The number of hydrogen-bond donors (Lipinski definition) is 0. The van der Waals surface area contributed by atoms with Crippen LogP contribution in [0.25, 0.3) is 0 Å². The molecule has 0 aliphatic carbocycles. The molecule has 10 heteroatoms. The summed E-state index contributed by atoms with van der Waals surface area (Å²) in [6.45, 7) is 4.39. The van der Waals surface area contributed by atoms with Gasteiger partial charge in [-0.05, 0) is 35.7 Å². The SMILES string of the molecule is COc1ccc(S(=O)(=O)N2CCN(S(=O)(=O)c3ccc(C(C)C)cc3)CC2)cc1OC. The second-order valence-corrected chi connectivity index (χ2v) is 11.4. The van der Waals surface area contributed by atoms with E-state index in [2.05, 4.69) is 0 Å². The molecule has 0 bridgehead atoms. The third-order valence-electron chi connectivity index (χ3n) is 5.37. The van der Waals surface area contributed by atoms with Gasteiger partial charge >= 0.3 is 0 Å². The molecular weight excluding hydrogens is 440 g/mol. The van der Waals surface area contributed by atoms with Gasteiger partial charge < -0.3 is 9.47 Å². The highest BCUT2D eigenvalue weighted by Gasteiger charge is 2.34. The fourth-order valence-electron chi connectivity index (χ4n) is 3.45. The number of hydrogen-bond acceptors (Lipinski definition) is 6. The van der Waals surface area contributed by atoms with E-state index in [4.69, 9.17) is 9.47 Å². The van der Waals surface area contributed by atoms with Crippen molar-refractivity contribution < 1.29 is 26.3 Å². The van der Waals surface area contributed by atoms with E-state index in [-0.39, 0.29) is 36.0 Å². The topological polar surface area (TPSA) is 93.2 Å². The number of rotatable bonds is 7. The molecule has 31 heavy (non-hydrogen) atoms. The Bertz CT molecular complexity index is 1120. The zero-order valence-corrected chi connectivity index (χ0v) is 19.7. The molecule has 2 aromatic carbocycles. The number of sulfonamides is 2. The molecule has 0 spiro atoms. The predicted molar refractivity (Wildman–Crippen MR) is 118 cm³/mol. The van der Waals surface area contributed by atoms with Crippen LogP contribution in [-0.4, -0.2) is 65.8 Å². The lowest BCUT2D eigenvalue weighted by Gasteiger charge is -2.33. The Labute approximate surface area is 184 Å². The van der Waals surface area contributed by atoms with Crippen molar-refractivity contribution in [1.29, 1.82) is 0 Å². The van der Waals surface area contributed by atoms with E-state index in [9.17, 15) is 16.8 Å². The minimum Gasteiger partial charge on any atom is -0.493 e. The summed E-state index contributed by atoms with van der Waals surface area (Å²) in [5, 5.41) is 0. The van der Waals surface area contributed by atoms with Crippen LogP contribution >= 0.6 is 0 Å². The summed E-state index contributed by atoms with van der Waals surface area (Å²) in [6.07, 6.45) is 0. The zero-order valence-electron chi connectivity index (χ0n) is 18.1. The highest BCUT2D eigenvalue weighted by atomic mass is 32.2. The van der Waals surface area contributed by atoms with Crippen molar-refractivity contribution >= 4 is 20.0 Å². The molecule has 0 unspecified atom stereocenters. The van der Waals surface area contributed by atoms with Crippen LogP contribution in [0.2, 0.25) is 0 Å². The van der Waals surface area contributed by atoms with Crippen molar-refractivity contribution in [3.8, 4) is 11.5 Å². The molecule has 0 radical (unpaired) electrons. The van der Waals surface area contributed by atoms with E-state index >= 15 is 0 Å². The van der Waals surface area contributed by atoms with Gasteiger partial charge in [-0.15, -0.1) is 0 Å². The van der Waals surface area contributed by atoms with Gasteiger partial charge in [0, 0.05) is 32.2 Å². The highest BCUT2D eigenvalue weighted by molar-refractivity contribution is 7.89. The van der Waals surface area contributed by atoms with Gasteiger partial charge in [0.15, 0.2) is 11.5 Å². The van der Waals surface area contributed by atoms with Gasteiger partial charge in [-0.2, -0.15) is 8.61 Å². The van der Waals surface area contributed by atoms with Gasteiger partial charge in [-0.1, -0.05) is 26.0 Å². The second kappa shape index (κ2) is 9.15. The average molecular weight is 469 g/mol. The molecule has 1 heterocycles. The van der Waals surface area contributed by atoms with Crippen LogP contribution in [0.4, 0.5) is 0 Å². The van der Waals surface area contributed by atoms with E-state index in [1.165, 1.54) is 41.0 Å². The number of ether oxygens (including phenoxy) is 2. The van der Waals surface area contributed by atoms with Gasteiger partial charge in [-0.3, -0.25) is 0 Å². The summed E-state index contributed by atoms with van der Waals surface area (Å²) in [7, 11) is -4.56. The molecular formula is C21H28N2O6S2. The Kier molecular flexibility index (Phi) is 6.95. The lowest BCUT2D eigenvalue weighted by molar-refractivity contribution is 0.272. The summed E-state index contributed by atoms with van der Waals surface area (Å²) >= 11 is 0. The maximum absolute atomic E-state index is 13.0. The molecule has 1 aliphatic rings. The first-order valence-electron chi connectivity index (χ1n) is 9.93. The average Bonchev–Trinajstić information content (AvgIpc) is 2.78. The lowest BCUT2D eigenvalue weighted by Crippen LogP contribution is -2.50. The molecule has 1 aliphatic heterocycles. The van der Waals surface area contributed by atoms with Crippen LogP contribution in [0, 0.1) is 0 Å². The number of methoxy groups -OCH3 is 2. The van der Waals surface area contributed by atoms with Crippen molar-refractivity contribution in [2.24, 2.45) is 0 Å². The van der Waals surface area contributed by atoms with Crippen LogP contribution in [0.15, 0.2) is 52.3 Å². The van der Waals surface area contributed by atoms with Crippen LogP contribution in [-0.2, 0) is 20.0 Å². The van der Waals surface area contributed by atoms with Gasteiger partial charge in [0.1, 0.15) is 0 Å². The Hall–Kier alpha value is -2.14. The summed E-state index contributed by atoms with van der Waals surface area (Å²) in [4.78, 5) is 0.291. The van der Waals surface area contributed by atoms with Gasteiger partial charge in [-0.25, -0.2) is 16.8 Å². The third-order valence-corrected chi connectivity index (χ3v) is 9.18. The maximum Gasteiger partial charge on any atom is 0.243 e. The van der Waals surface area contributed by atoms with Crippen LogP contribution in [0.5, 0.6) is 11.5 Å². The largest absolute Gasteiger partial charge is 0.493 e. The van der Waals surface area contributed by atoms with E-state index in [0.717, 1.165) is 5.56 Å². The summed E-state index contributed by atoms with van der Waals surface area (Å²) in [5.41, 5.74) is 1.06. The quantitative estimate of drug-likeness (QED) is 0.620. The van der Waals surface area contributed by atoms with E-state index in [0.29, 0.717) is 17.4 Å². The molecule has 0 amide bonds. The van der Waals surface area contributed by atoms with Gasteiger partial charge in [0.05, 0.1) is 24.0 Å². The van der Waals surface area contributed by atoms with Crippen molar-refractivity contribution in [3.05, 3.63) is 48.0 Å². The maximum atomic E-state index is 13.0. The highest BCUT2D eigenvalue weighted by Crippen LogP contribution is 2.31. The minimum absolute atomic E-state index is 0.0694. The normalized spacial score (nSPS) is 16.4. The predicted octanol–water partition coefficient (Wildman–Crippen LogP) is 2.52. The molecule has 0 aromatic heterocycles. The third kappa shape index (κ3) is 4.72. The Morgan fingerprint density at radius 3 is 1.61 bits per heavy atom. The van der Waals surface area contributed by atoms with E-state index in [1.807, 2.05) is 26.0 Å². The van der Waals surface area contributed by atoms with Crippen molar-refractivity contribution in [1.82, 2.24) is 8.61 Å². The van der Waals surface area contributed by atoms with E-state index < -0.39 is 20.0 Å². The molecule has 1 saturated heterocycles. The van der Waals surface area contributed by atoms with Crippen molar-refractivity contribution in [3.63, 3.8) is 0 Å². The first-order chi connectivity index (χ1) is 14.6. The molecule has 2 aromatic rings. The smallest absolute Gasteiger partial charge is 0.243 e. The van der Waals surface area contributed by atoms with Crippen molar-refractivity contribution in [2.45, 2.75) is 29.6 Å². The van der Waals surface area contributed by atoms with Gasteiger partial charge in [0.2, 0.25) is 20.0 Å². The fourth-order valence-corrected chi connectivity index (χ4v) is 6.31. The number of nitrogens with zero attached hydrogens (tertiary/aromatic N) is 2. The second-order valence-electron chi connectivity index (χ2n) is 7.55. The molecule has 3 rings (SSSR count). The first kappa shape index (κ1) is 23.5. The molecule has 1 fully saturated rings. The molecule has 0 atom stereocenters. The summed E-state index contributed by atoms with van der Waals surface area (Å²) < 4.78 is 65.0. The van der Waals surface area contributed by atoms with E-state index in [1.54, 1.807) is 12.1 Å². The monoisotopic (exact) mass is 468 g/mol.